The minimum absolute atomic E-state index is 0.462. The lowest BCUT2D eigenvalue weighted by Crippen LogP contribution is -2.64. The summed E-state index contributed by atoms with van der Waals surface area (Å²) in [5.41, 5.74) is 4.26. The van der Waals surface area contributed by atoms with E-state index >= 15 is 0 Å². The second-order valence-corrected chi connectivity index (χ2v) is 6.30. The fourth-order valence-corrected chi connectivity index (χ4v) is 3.82. The Balaban J connectivity index is 1.88. The van der Waals surface area contributed by atoms with E-state index in [0.29, 0.717) is 12.1 Å². The molecule has 2 bridgehead atoms. The quantitative estimate of drug-likeness (QED) is 0.904. The highest BCUT2D eigenvalue weighted by atomic mass is 15.4. The summed E-state index contributed by atoms with van der Waals surface area (Å²) in [5.74, 6) is 0. The molecule has 3 nitrogen and oxygen atoms in total. The van der Waals surface area contributed by atoms with Gasteiger partial charge in [0.2, 0.25) is 0 Å². The summed E-state index contributed by atoms with van der Waals surface area (Å²) in [7, 11) is 0. The summed E-state index contributed by atoms with van der Waals surface area (Å²) in [6.45, 7) is 13.9. The van der Waals surface area contributed by atoms with Gasteiger partial charge in [0.25, 0.3) is 0 Å². The molecule has 1 N–H and O–H groups in total. The van der Waals surface area contributed by atoms with E-state index in [2.05, 4.69) is 54.1 Å². The van der Waals surface area contributed by atoms with Gasteiger partial charge in [-0.05, 0) is 31.5 Å². The first-order valence-corrected chi connectivity index (χ1v) is 7.96. The maximum atomic E-state index is 3.75. The smallest absolute Gasteiger partial charge is 0.0493 e. The maximum Gasteiger partial charge on any atom is 0.0493 e. The molecule has 20 heavy (non-hydrogen) atoms. The van der Waals surface area contributed by atoms with Crippen molar-refractivity contribution in [3.05, 3.63) is 34.9 Å². The van der Waals surface area contributed by atoms with E-state index in [-0.39, 0.29) is 0 Å². The van der Waals surface area contributed by atoms with Crippen molar-refractivity contribution in [3.63, 3.8) is 0 Å². The van der Waals surface area contributed by atoms with Crippen LogP contribution in [-0.2, 0) is 0 Å². The Morgan fingerprint density at radius 2 is 1.95 bits per heavy atom. The number of nitrogens with one attached hydrogen (secondary N) is 1. The van der Waals surface area contributed by atoms with Crippen LogP contribution in [0.3, 0.4) is 0 Å². The third-order valence-corrected chi connectivity index (χ3v) is 4.89. The second-order valence-electron chi connectivity index (χ2n) is 6.30. The summed E-state index contributed by atoms with van der Waals surface area (Å²) in [6.07, 6.45) is 0. The number of rotatable bonds is 4. The highest BCUT2D eigenvalue weighted by molar-refractivity contribution is 5.34. The molecule has 0 spiro atoms. The molecule has 4 rings (SSSR count). The zero-order valence-electron chi connectivity index (χ0n) is 13.0. The topological polar surface area (TPSA) is 18.5 Å². The molecule has 110 valence electrons. The fraction of sp³-hybridized carbons (Fsp3) is 0.647. The Hall–Kier alpha value is -0.900. The summed E-state index contributed by atoms with van der Waals surface area (Å²) >= 11 is 0. The Morgan fingerprint density at radius 3 is 2.50 bits per heavy atom. The maximum absolute atomic E-state index is 3.75. The molecule has 3 heteroatoms. The average Bonchev–Trinajstić information content (AvgIpc) is 2.47. The van der Waals surface area contributed by atoms with E-state index in [4.69, 9.17) is 0 Å². The molecule has 1 aromatic carbocycles. The van der Waals surface area contributed by atoms with Crippen LogP contribution in [0.25, 0.3) is 0 Å². The molecule has 3 heterocycles. The number of hydrogen-bond acceptors (Lipinski definition) is 3. The Kier molecular flexibility index (Phi) is 4.11. The standard InChI is InChI=1S/C17H27N3/c1-4-18-17(15-6-5-13(2)11-14(15)3)16-12-19-7-9-20(16)10-8-19/h5-6,11,16-18H,4,7-10,12H2,1-3H3. The molecule has 0 amide bonds. The summed E-state index contributed by atoms with van der Waals surface area (Å²) < 4.78 is 0. The average molecular weight is 273 g/mol. The number of benzene rings is 1. The lowest BCUT2D eigenvalue weighted by atomic mass is 9.90. The molecule has 2 unspecified atom stereocenters. The lowest BCUT2D eigenvalue weighted by molar-refractivity contribution is -0.00352. The predicted octanol–water partition coefficient (Wildman–Crippen LogP) is 1.95. The fourth-order valence-electron chi connectivity index (χ4n) is 3.82. The number of fused-ring (bicyclic) bond motifs is 3. The van der Waals surface area contributed by atoms with E-state index in [9.17, 15) is 0 Å². The van der Waals surface area contributed by atoms with Crippen molar-refractivity contribution < 1.29 is 0 Å². The van der Waals surface area contributed by atoms with Crippen LogP contribution in [0.5, 0.6) is 0 Å². The summed E-state index contributed by atoms with van der Waals surface area (Å²) in [6, 6.07) is 7.98. The first-order valence-electron chi connectivity index (χ1n) is 7.96. The minimum Gasteiger partial charge on any atom is -0.309 e. The normalized spacial score (nSPS) is 30.4. The van der Waals surface area contributed by atoms with Crippen molar-refractivity contribution in [3.8, 4) is 0 Å². The largest absolute Gasteiger partial charge is 0.309 e. The van der Waals surface area contributed by atoms with Gasteiger partial charge in [-0.2, -0.15) is 0 Å². The molecule has 3 aliphatic heterocycles. The second kappa shape index (κ2) is 5.84. The number of nitrogens with zero attached hydrogens (tertiary/aromatic N) is 2. The van der Waals surface area contributed by atoms with E-state index in [1.165, 1.54) is 49.4 Å². The van der Waals surface area contributed by atoms with Gasteiger partial charge in [0.05, 0.1) is 0 Å². The van der Waals surface area contributed by atoms with Crippen LogP contribution >= 0.6 is 0 Å². The Bertz CT molecular complexity index is 463. The van der Waals surface area contributed by atoms with Crippen molar-refractivity contribution in [1.82, 2.24) is 15.1 Å². The van der Waals surface area contributed by atoms with E-state index in [1.807, 2.05) is 0 Å². The van der Waals surface area contributed by atoms with Crippen molar-refractivity contribution >= 4 is 0 Å². The number of aryl methyl sites for hydroxylation is 2. The SMILES string of the molecule is CCNC(c1ccc(C)cc1C)C1CN2CCN1CC2. The van der Waals surface area contributed by atoms with E-state index in [0.717, 1.165) is 6.54 Å². The molecule has 2 atom stereocenters. The lowest BCUT2D eigenvalue weighted by Gasteiger charge is -2.50. The highest BCUT2D eigenvalue weighted by Gasteiger charge is 2.37. The Labute approximate surface area is 123 Å². The highest BCUT2D eigenvalue weighted by Crippen LogP contribution is 2.29. The zero-order chi connectivity index (χ0) is 14.1. The van der Waals surface area contributed by atoms with Gasteiger partial charge >= 0.3 is 0 Å². The van der Waals surface area contributed by atoms with Gasteiger partial charge in [-0.1, -0.05) is 30.7 Å². The van der Waals surface area contributed by atoms with Crippen LogP contribution in [0.4, 0.5) is 0 Å². The van der Waals surface area contributed by atoms with Crippen molar-refractivity contribution in [2.45, 2.75) is 32.9 Å². The molecule has 1 aromatic rings. The van der Waals surface area contributed by atoms with Gasteiger partial charge < -0.3 is 5.32 Å². The van der Waals surface area contributed by atoms with Crippen molar-refractivity contribution in [1.29, 1.82) is 0 Å². The van der Waals surface area contributed by atoms with Crippen LogP contribution < -0.4 is 5.32 Å². The monoisotopic (exact) mass is 273 g/mol. The van der Waals surface area contributed by atoms with Crippen molar-refractivity contribution in [2.75, 3.05) is 39.3 Å². The molecule has 3 aliphatic rings. The van der Waals surface area contributed by atoms with Gasteiger partial charge in [0.1, 0.15) is 0 Å². The van der Waals surface area contributed by atoms with Gasteiger partial charge in [-0.15, -0.1) is 0 Å². The van der Waals surface area contributed by atoms with Crippen molar-refractivity contribution in [2.24, 2.45) is 0 Å². The predicted molar refractivity (Wildman–Crippen MR) is 84.1 cm³/mol. The third-order valence-electron chi connectivity index (χ3n) is 4.89. The first-order chi connectivity index (χ1) is 9.69. The van der Waals surface area contributed by atoms with Gasteiger partial charge in [-0.25, -0.2) is 0 Å². The molecule has 0 radical (unpaired) electrons. The number of likely N-dealkylation sites (N-methyl/N-ethyl adjacent to an activating group) is 1. The zero-order valence-corrected chi connectivity index (χ0v) is 13.0. The number of hydrogen-bond donors (Lipinski definition) is 1. The summed E-state index contributed by atoms with van der Waals surface area (Å²) in [5, 5.41) is 3.75. The molecular formula is C17H27N3. The van der Waals surface area contributed by atoms with Crippen LogP contribution in [-0.4, -0.2) is 55.1 Å². The third kappa shape index (κ3) is 2.62. The van der Waals surface area contributed by atoms with Crippen LogP contribution in [0.1, 0.15) is 29.7 Å². The van der Waals surface area contributed by atoms with Crippen LogP contribution in [0.15, 0.2) is 18.2 Å². The van der Waals surface area contributed by atoms with Gasteiger partial charge in [0.15, 0.2) is 0 Å². The summed E-state index contributed by atoms with van der Waals surface area (Å²) in [4.78, 5) is 5.31. The minimum atomic E-state index is 0.462. The van der Waals surface area contributed by atoms with Crippen LogP contribution in [0, 0.1) is 13.8 Å². The molecular weight excluding hydrogens is 246 g/mol. The molecule has 0 aromatic heterocycles. The van der Waals surface area contributed by atoms with E-state index < -0.39 is 0 Å². The molecule has 3 fully saturated rings. The molecule has 0 saturated carbocycles. The Morgan fingerprint density at radius 1 is 1.20 bits per heavy atom. The molecule has 3 saturated heterocycles. The van der Waals surface area contributed by atoms with Crippen LogP contribution in [0.2, 0.25) is 0 Å². The molecule has 0 aliphatic carbocycles. The first kappa shape index (κ1) is 14.1. The number of piperazine rings is 3. The van der Waals surface area contributed by atoms with Gasteiger partial charge in [0, 0.05) is 44.8 Å². The van der Waals surface area contributed by atoms with Gasteiger partial charge in [-0.3, -0.25) is 9.80 Å². The van der Waals surface area contributed by atoms with E-state index in [1.54, 1.807) is 0 Å².